The summed E-state index contributed by atoms with van der Waals surface area (Å²) in [6.45, 7) is 5.73. The third-order valence-corrected chi connectivity index (χ3v) is 4.62. The predicted molar refractivity (Wildman–Crippen MR) is 82.2 cm³/mol. The van der Waals surface area contributed by atoms with Crippen molar-refractivity contribution >= 4 is 26.7 Å². The lowest BCUT2D eigenvalue weighted by Gasteiger charge is -2.06. The van der Waals surface area contributed by atoms with E-state index in [1.54, 1.807) is 22.8 Å². The second-order valence-corrected chi connectivity index (χ2v) is 6.97. The average molecular weight is 320 g/mol. The van der Waals surface area contributed by atoms with E-state index in [2.05, 4.69) is 14.9 Å². The molecule has 0 bridgehead atoms. The summed E-state index contributed by atoms with van der Waals surface area (Å²) in [5, 5.41) is 4.68. The number of nitrogens with one attached hydrogen (secondary N) is 1. The van der Waals surface area contributed by atoms with Gasteiger partial charge in [-0.2, -0.15) is 8.42 Å². The highest BCUT2D eigenvalue weighted by atomic mass is 32.2. The first-order valence-electron chi connectivity index (χ1n) is 6.79. The summed E-state index contributed by atoms with van der Waals surface area (Å²) in [5.74, 6) is 0. The normalized spacial score (nSPS) is 12.2. The van der Waals surface area contributed by atoms with E-state index in [9.17, 15) is 8.42 Å². The average Bonchev–Trinajstić information content (AvgIpc) is 3.06. The van der Waals surface area contributed by atoms with Crippen molar-refractivity contribution in [3.63, 3.8) is 0 Å². The first-order valence-corrected chi connectivity index (χ1v) is 8.27. The molecule has 0 atom stereocenters. The van der Waals surface area contributed by atoms with Gasteiger partial charge in [-0.25, -0.2) is 4.98 Å². The summed E-state index contributed by atoms with van der Waals surface area (Å²) in [7, 11) is -3.73. The number of benzene rings is 1. The summed E-state index contributed by atoms with van der Waals surface area (Å²) < 4.78 is 34.1. The second kappa shape index (κ2) is 5.13. The van der Waals surface area contributed by atoms with Crippen molar-refractivity contribution in [2.24, 2.45) is 0 Å². The third-order valence-electron chi connectivity index (χ3n) is 3.35. The van der Waals surface area contributed by atoms with Crippen molar-refractivity contribution in [1.82, 2.24) is 14.7 Å². The van der Waals surface area contributed by atoms with Crippen LogP contribution < -0.4 is 4.72 Å². The van der Waals surface area contributed by atoms with Gasteiger partial charge in [-0.3, -0.25) is 4.72 Å². The van der Waals surface area contributed by atoms with Gasteiger partial charge >= 0.3 is 0 Å². The van der Waals surface area contributed by atoms with E-state index in [0.29, 0.717) is 11.3 Å². The lowest BCUT2D eigenvalue weighted by Crippen LogP contribution is -2.13. The molecule has 0 aliphatic rings. The van der Waals surface area contributed by atoms with Crippen molar-refractivity contribution in [3.8, 4) is 0 Å². The minimum Gasteiger partial charge on any atom is -0.356 e. The van der Waals surface area contributed by atoms with Crippen LogP contribution in [0.4, 0.5) is 5.69 Å². The van der Waals surface area contributed by atoms with Crippen LogP contribution in [0.15, 0.2) is 40.3 Å². The molecule has 0 radical (unpaired) electrons. The third kappa shape index (κ3) is 2.57. The molecule has 0 saturated carbocycles. The van der Waals surface area contributed by atoms with Crippen LogP contribution in [0.1, 0.15) is 25.6 Å². The monoisotopic (exact) mass is 320 g/mol. The fourth-order valence-corrected chi connectivity index (χ4v) is 3.06. The Hall–Kier alpha value is -2.35. The van der Waals surface area contributed by atoms with E-state index in [1.165, 1.54) is 12.5 Å². The first-order chi connectivity index (χ1) is 10.4. The molecule has 3 rings (SSSR count). The Bertz CT molecular complexity index is 925. The van der Waals surface area contributed by atoms with Gasteiger partial charge in [0.15, 0.2) is 10.6 Å². The number of hydrogen-bond donors (Lipinski definition) is 1. The SMILES string of the molecule is Cc1noc2cc(NS(=O)(=O)c3cn(C(C)C)cn3)ccc12. The molecule has 0 unspecified atom stereocenters. The minimum atomic E-state index is -3.73. The highest BCUT2D eigenvalue weighted by Gasteiger charge is 2.19. The van der Waals surface area contributed by atoms with Gasteiger partial charge in [0.2, 0.25) is 0 Å². The molecule has 0 spiro atoms. The van der Waals surface area contributed by atoms with Gasteiger partial charge in [0.1, 0.15) is 0 Å². The maximum absolute atomic E-state index is 12.3. The lowest BCUT2D eigenvalue weighted by atomic mass is 10.2. The molecular formula is C14H16N4O3S. The molecule has 116 valence electrons. The molecule has 8 heteroatoms. The fourth-order valence-electron chi connectivity index (χ4n) is 2.07. The quantitative estimate of drug-likeness (QED) is 0.798. The Morgan fingerprint density at radius 3 is 2.77 bits per heavy atom. The number of anilines is 1. The van der Waals surface area contributed by atoms with Gasteiger partial charge in [-0.15, -0.1) is 0 Å². The molecule has 0 amide bonds. The summed E-state index contributed by atoms with van der Waals surface area (Å²) >= 11 is 0. The summed E-state index contributed by atoms with van der Waals surface area (Å²) in [5.41, 5.74) is 1.70. The highest BCUT2D eigenvalue weighted by Crippen LogP contribution is 2.23. The van der Waals surface area contributed by atoms with Crippen molar-refractivity contribution in [3.05, 3.63) is 36.4 Å². The standard InChI is InChI=1S/C14H16N4O3S/c1-9(2)18-7-14(15-8-18)22(19,20)17-11-4-5-12-10(3)16-21-13(12)6-11/h4-9,17H,1-3H3. The topological polar surface area (TPSA) is 90.0 Å². The Morgan fingerprint density at radius 2 is 2.09 bits per heavy atom. The van der Waals surface area contributed by atoms with Crippen molar-refractivity contribution in [2.75, 3.05) is 4.72 Å². The second-order valence-electron chi connectivity index (χ2n) is 5.34. The number of rotatable bonds is 4. The molecule has 0 aliphatic heterocycles. The molecule has 0 aliphatic carbocycles. The Morgan fingerprint density at radius 1 is 1.32 bits per heavy atom. The van der Waals surface area contributed by atoms with E-state index in [0.717, 1.165) is 11.1 Å². The zero-order valence-corrected chi connectivity index (χ0v) is 13.3. The van der Waals surface area contributed by atoms with Gasteiger partial charge in [-0.1, -0.05) is 5.16 Å². The number of nitrogens with zero attached hydrogens (tertiary/aromatic N) is 3. The first kappa shape index (κ1) is 14.6. The van der Waals surface area contributed by atoms with E-state index < -0.39 is 10.0 Å². The summed E-state index contributed by atoms with van der Waals surface area (Å²) in [4.78, 5) is 3.95. The number of imidazole rings is 1. The Labute approximate surface area is 128 Å². The number of hydrogen-bond acceptors (Lipinski definition) is 5. The number of fused-ring (bicyclic) bond motifs is 1. The number of aryl methyl sites for hydroxylation is 1. The van der Waals surface area contributed by atoms with Gasteiger partial charge < -0.3 is 9.09 Å². The van der Waals surface area contributed by atoms with Gasteiger partial charge in [-0.05, 0) is 32.9 Å². The van der Waals surface area contributed by atoms with Crippen LogP contribution in [0.25, 0.3) is 11.0 Å². The molecule has 2 aromatic heterocycles. The van der Waals surface area contributed by atoms with Crippen molar-refractivity contribution in [2.45, 2.75) is 31.8 Å². The van der Waals surface area contributed by atoms with Crippen LogP contribution in [0, 0.1) is 6.92 Å². The minimum absolute atomic E-state index is 0.0185. The molecule has 0 fully saturated rings. The van der Waals surface area contributed by atoms with Crippen LogP contribution in [0.3, 0.4) is 0 Å². The van der Waals surface area contributed by atoms with Crippen molar-refractivity contribution < 1.29 is 12.9 Å². The number of sulfonamides is 1. The van der Waals surface area contributed by atoms with Crippen LogP contribution in [-0.2, 0) is 10.0 Å². The fraction of sp³-hybridized carbons (Fsp3) is 0.286. The molecule has 7 nitrogen and oxygen atoms in total. The van der Waals surface area contributed by atoms with E-state index in [-0.39, 0.29) is 11.1 Å². The molecule has 22 heavy (non-hydrogen) atoms. The molecule has 0 saturated heterocycles. The molecule has 1 N–H and O–H groups in total. The molecular weight excluding hydrogens is 304 g/mol. The van der Waals surface area contributed by atoms with Gasteiger partial charge in [0.05, 0.1) is 17.7 Å². The van der Waals surface area contributed by atoms with E-state index >= 15 is 0 Å². The van der Waals surface area contributed by atoms with Crippen LogP contribution >= 0.6 is 0 Å². The Kier molecular flexibility index (Phi) is 3.40. The van der Waals surface area contributed by atoms with Crippen LogP contribution in [0.2, 0.25) is 0 Å². The summed E-state index contributed by atoms with van der Waals surface area (Å²) in [6, 6.07) is 5.19. The molecule has 3 aromatic rings. The summed E-state index contributed by atoms with van der Waals surface area (Å²) in [6.07, 6.45) is 3.01. The van der Waals surface area contributed by atoms with E-state index in [1.807, 2.05) is 20.8 Å². The smallest absolute Gasteiger partial charge is 0.280 e. The molecule has 1 aromatic carbocycles. The van der Waals surface area contributed by atoms with Crippen LogP contribution in [0.5, 0.6) is 0 Å². The highest BCUT2D eigenvalue weighted by molar-refractivity contribution is 7.92. The lowest BCUT2D eigenvalue weighted by molar-refractivity contribution is 0.450. The predicted octanol–water partition coefficient (Wildman–Crippen LogP) is 2.71. The van der Waals surface area contributed by atoms with Crippen LogP contribution in [-0.4, -0.2) is 23.1 Å². The maximum Gasteiger partial charge on any atom is 0.280 e. The maximum atomic E-state index is 12.3. The number of aromatic nitrogens is 3. The molecule has 2 heterocycles. The van der Waals surface area contributed by atoms with E-state index in [4.69, 9.17) is 4.52 Å². The van der Waals surface area contributed by atoms with Crippen molar-refractivity contribution in [1.29, 1.82) is 0 Å². The zero-order valence-electron chi connectivity index (χ0n) is 12.4. The zero-order chi connectivity index (χ0) is 15.9. The van der Waals surface area contributed by atoms with Gasteiger partial charge in [0.25, 0.3) is 10.0 Å². The Balaban J connectivity index is 1.91. The largest absolute Gasteiger partial charge is 0.356 e. The van der Waals surface area contributed by atoms with Gasteiger partial charge in [0, 0.05) is 23.7 Å².